The monoisotopic (exact) mass is 217 g/mol. The topological polar surface area (TPSA) is 27.7 Å². The predicted octanol–water partition coefficient (Wildman–Crippen LogP) is 2.45. The second-order valence-corrected chi connectivity index (χ2v) is 3.40. The van der Waals surface area contributed by atoms with E-state index in [0.717, 1.165) is 65.3 Å². The Hall–Kier alpha value is -0.120. The Labute approximate surface area is 94.1 Å². The molecule has 0 aromatic heterocycles. The van der Waals surface area contributed by atoms with Crippen LogP contribution in [0.25, 0.3) is 0 Å². The van der Waals surface area contributed by atoms with Gasteiger partial charge in [0.1, 0.15) is 0 Å². The first-order chi connectivity index (χ1) is 7.41. The van der Waals surface area contributed by atoms with Crippen molar-refractivity contribution in [2.24, 2.45) is 0 Å². The average Bonchev–Trinajstić information content (AvgIpc) is 2.26. The van der Waals surface area contributed by atoms with Crippen molar-refractivity contribution < 1.29 is 14.2 Å². The fourth-order valence-corrected chi connectivity index (χ4v) is 1.08. The second-order valence-electron chi connectivity index (χ2n) is 3.40. The molecule has 3 nitrogen and oxygen atoms in total. The number of hydrogen-bond donors (Lipinski definition) is 0. The van der Waals surface area contributed by atoms with Crippen molar-refractivity contribution >= 4 is 0 Å². The van der Waals surface area contributed by atoms with Gasteiger partial charge in [0, 0.05) is 39.6 Å². The summed E-state index contributed by atoms with van der Waals surface area (Å²) in [5.41, 5.74) is 0. The lowest BCUT2D eigenvalue weighted by molar-refractivity contribution is 0.0642. The molecule has 0 aliphatic heterocycles. The van der Waals surface area contributed by atoms with Gasteiger partial charge in [0.2, 0.25) is 0 Å². The van der Waals surface area contributed by atoms with E-state index in [0.29, 0.717) is 0 Å². The Morgan fingerprint density at radius 1 is 0.733 bits per heavy atom. The molecule has 0 atom stereocenters. The number of hydrogen-bond acceptors (Lipinski definition) is 3. The van der Waals surface area contributed by atoms with Crippen molar-refractivity contribution in [1.82, 2.24) is 0 Å². The van der Waals surface area contributed by atoms with Gasteiger partial charge in [-0.25, -0.2) is 0 Å². The third-order valence-corrected chi connectivity index (χ3v) is 1.79. The molecule has 0 amide bonds. The lowest BCUT2D eigenvalue weighted by Gasteiger charge is -2.05. The van der Waals surface area contributed by atoms with E-state index in [4.69, 9.17) is 14.2 Å². The Balaban J connectivity index is 2.81. The van der Waals surface area contributed by atoms with E-state index in [-0.39, 0.29) is 0 Å². The Kier molecular flexibility index (Phi) is 13.8. The van der Waals surface area contributed by atoms with Crippen molar-refractivity contribution in [3.05, 3.63) is 6.92 Å². The molecule has 0 saturated heterocycles. The van der Waals surface area contributed by atoms with Gasteiger partial charge >= 0.3 is 0 Å². The first kappa shape index (κ1) is 14.9. The Morgan fingerprint density at radius 2 is 1.20 bits per heavy atom. The molecule has 3 heteroatoms. The zero-order chi connectivity index (χ0) is 11.2. The van der Waals surface area contributed by atoms with E-state index in [1.807, 2.05) is 0 Å². The number of ether oxygens (including phenoxy) is 3. The van der Waals surface area contributed by atoms with Crippen LogP contribution >= 0.6 is 0 Å². The van der Waals surface area contributed by atoms with Gasteiger partial charge in [-0.3, -0.25) is 0 Å². The van der Waals surface area contributed by atoms with Gasteiger partial charge in [-0.15, -0.1) is 0 Å². The van der Waals surface area contributed by atoms with Crippen LogP contribution in [0.5, 0.6) is 0 Å². The summed E-state index contributed by atoms with van der Waals surface area (Å²) in [6.07, 6.45) is 3.88. The highest BCUT2D eigenvalue weighted by atomic mass is 16.5. The van der Waals surface area contributed by atoms with Gasteiger partial charge in [0.15, 0.2) is 0 Å². The van der Waals surface area contributed by atoms with Crippen molar-refractivity contribution in [2.45, 2.75) is 32.6 Å². The minimum atomic E-state index is 0.755. The molecule has 1 radical (unpaired) electrons. The maximum Gasteiger partial charge on any atom is 0.0488 e. The highest BCUT2D eigenvalue weighted by Gasteiger charge is 1.91. The molecule has 0 spiro atoms. The van der Waals surface area contributed by atoms with Crippen LogP contribution in [0.2, 0.25) is 0 Å². The summed E-state index contributed by atoms with van der Waals surface area (Å²) in [5.74, 6) is 0. The highest BCUT2D eigenvalue weighted by molar-refractivity contribution is 4.39. The van der Waals surface area contributed by atoms with Crippen LogP contribution in [0.1, 0.15) is 32.6 Å². The second kappa shape index (κ2) is 13.9. The Morgan fingerprint density at radius 3 is 1.67 bits per heavy atom. The van der Waals surface area contributed by atoms with Crippen LogP contribution in [-0.4, -0.2) is 39.6 Å². The highest BCUT2D eigenvalue weighted by Crippen LogP contribution is 1.90. The third-order valence-electron chi connectivity index (χ3n) is 1.79. The van der Waals surface area contributed by atoms with E-state index in [2.05, 4.69) is 13.8 Å². The third kappa shape index (κ3) is 13.9. The molecule has 15 heavy (non-hydrogen) atoms. The van der Waals surface area contributed by atoms with Crippen LogP contribution in [0.3, 0.4) is 0 Å². The summed E-state index contributed by atoms with van der Waals surface area (Å²) in [6.45, 7) is 10.6. The van der Waals surface area contributed by atoms with Crippen LogP contribution in [0.15, 0.2) is 0 Å². The fourth-order valence-electron chi connectivity index (χ4n) is 1.08. The lowest BCUT2D eigenvalue weighted by atomic mass is 10.4. The largest absolute Gasteiger partial charge is 0.381 e. The molecule has 0 bridgehead atoms. The van der Waals surface area contributed by atoms with Gasteiger partial charge in [0.05, 0.1) is 0 Å². The maximum absolute atomic E-state index is 5.42. The van der Waals surface area contributed by atoms with Crippen LogP contribution in [-0.2, 0) is 14.2 Å². The SMILES string of the molecule is [CH2]CCOCCCOCCCOCCC. The van der Waals surface area contributed by atoms with Crippen LogP contribution in [0.4, 0.5) is 0 Å². The normalized spacial score (nSPS) is 10.8. The first-order valence-electron chi connectivity index (χ1n) is 5.94. The summed E-state index contributed by atoms with van der Waals surface area (Å²) in [5, 5.41) is 0. The summed E-state index contributed by atoms with van der Waals surface area (Å²) in [6, 6.07) is 0. The smallest absolute Gasteiger partial charge is 0.0488 e. The zero-order valence-corrected chi connectivity index (χ0v) is 10.0. The summed E-state index contributed by atoms with van der Waals surface area (Å²) >= 11 is 0. The minimum absolute atomic E-state index is 0.755. The first-order valence-corrected chi connectivity index (χ1v) is 5.94. The van der Waals surface area contributed by atoms with Crippen LogP contribution in [0, 0.1) is 6.92 Å². The molecule has 0 unspecified atom stereocenters. The molecule has 0 N–H and O–H groups in total. The standard InChI is InChI=1S/C12H25O3/c1-3-7-13-9-5-11-15-12-6-10-14-8-4-2/h1,3-12H2,2H3. The molecule has 0 aliphatic rings. The summed E-state index contributed by atoms with van der Waals surface area (Å²) in [7, 11) is 0. The maximum atomic E-state index is 5.42. The van der Waals surface area contributed by atoms with Crippen molar-refractivity contribution in [2.75, 3.05) is 39.6 Å². The molecule has 0 rings (SSSR count). The van der Waals surface area contributed by atoms with Gasteiger partial charge in [-0.05, 0) is 25.7 Å². The Bertz CT molecular complexity index is 95.0. The molecule has 0 fully saturated rings. The van der Waals surface area contributed by atoms with Gasteiger partial charge in [0.25, 0.3) is 0 Å². The van der Waals surface area contributed by atoms with E-state index >= 15 is 0 Å². The van der Waals surface area contributed by atoms with Crippen molar-refractivity contribution in [3.63, 3.8) is 0 Å². The van der Waals surface area contributed by atoms with Gasteiger partial charge < -0.3 is 14.2 Å². The molecule has 0 saturated carbocycles. The van der Waals surface area contributed by atoms with Crippen molar-refractivity contribution in [1.29, 1.82) is 0 Å². The van der Waals surface area contributed by atoms with Gasteiger partial charge in [-0.2, -0.15) is 0 Å². The van der Waals surface area contributed by atoms with Crippen LogP contribution < -0.4 is 0 Å². The minimum Gasteiger partial charge on any atom is -0.381 e. The molecular weight excluding hydrogens is 192 g/mol. The van der Waals surface area contributed by atoms with E-state index in [9.17, 15) is 0 Å². The summed E-state index contributed by atoms with van der Waals surface area (Å²) < 4.78 is 16.0. The molecule has 0 aliphatic carbocycles. The van der Waals surface area contributed by atoms with E-state index in [1.54, 1.807) is 0 Å². The molecule has 0 heterocycles. The quantitative estimate of drug-likeness (QED) is 0.470. The van der Waals surface area contributed by atoms with E-state index in [1.165, 1.54) is 0 Å². The fraction of sp³-hybridized carbons (Fsp3) is 0.917. The zero-order valence-electron chi connectivity index (χ0n) is 10.0. The van der Waals surface area contributed by atoms with Gasteiger partial charge in [-0.1, -0.05) is 13.8 Å². The molecular formula is C12H25O3. The lowest BCUT2D eigenvalue weighted by Crippen LogP contribution is -2.05. The van der Waals surface area contributed by atoms with E-state index < -0.39 is 0 Å². The average molecular weight is 217 g/mol. The molecule has 91 valence electrons. The predicted molar refractivity (Wildman–Crippen MR) is 62.0 cm³/mol. The molecule has 0 aromatic rings. The van der Waals surface area contributed by atoms with Crippen molar-refractivity contribution in [3.8, 4) is 0 Å². The summed E-state index contributed by atoms with van der Waals surface area (Å²) in [4.78, 5) is 0. The molecule has 0 aromatic carbocycles. The number of rotatable bonds is 12.